The van der Waals surface area contributed by atoms with E-state index in [4.69, 9.17) is 0 Å². The Hall–Kier alpha value is -2.17. The molecule has 2 aromatic rings. The first-order valence-corrected chi connectivity index (χ1v) is 10.5. The quantitative estimate of drug-likeness (QED) is 0.696. The van der Waals surface area contributed by atoms with E-state index in [9.17, 15) is 4.79 Å². The molecule has 0 bridgehead atoms. The van der Waals surface area contributed by atoms with Crippen LogP contribution in [0.5, 0.6) is 0 Å². The van der Waals surface area contributed by atoms with Crippen LogP contribution in [0, 0.1) is 5.92 Å². The minimum atomic E-state index is 0.172. The van der Waals surface area contributed by atoms with Gasteiger partial charge in [0.05, 0.1) is 13.1 Å². The fourth-order valence-electron chi connectivity index (χ4n) is 3.59. The average molecular weight is 380 g/mol. The van der Waals surface area contributed by atoms with Gasteiger partial charge in [0, 0.05) is 31.9 Å². The molecule has 2 aromatic carbocycles. The Bertz CT molecular complexity index is 709. The summed E-state index contributed by atoms with van der Waals surface area (Å²) in [5, 5.41) is 0. The van der Waals surface area contributed by atoms with Gasteiger partial charge in [-0.1, -0.05) is 62.4 Å². The molecule has 1 saturated heterocycles. The summed E-state index contributed by atoms with van der Waals surface area (Å²) in [6, 6.07) is 20.2. The molecule has 0 saturated carbocycles. The molecule has 0 N–H and O–H groups in total. The van der Waals surface area contributed by atoms with Crippen molar-refractivity contribution in [1.82, 2.24) is 9.80 Å². The molecular formula is C24H33N3O. The van der Waals surface area contributed by atoms with Crippen LogP contribution >= 0.6 is 0 Å². The third-order valence-electron chi connectivity index (χ3n) is 5.40. The highest BCUT2D eigenvalue weighted by Crippen LogP contribution is 2.18. The molecule has 0 atom stereocenters. The molecule has 1 heterocycles. The van der Waals surface area contributed by atoms with Crippen molar-refractivity contribution >= 4 is 11.6 Å². The van der Waals surface area contributed by atoms with Crippen molar-refractivity contribution in [1.29, 1.82) is 0 Å². The Morgan fingerprint density at radius 1 is 0.893 bits per heavy atom. The van der Waals surface area contributed by atoms with E-state index in [0.717, 1.165) is 43.3 Å². The van der Waals surface area contributed by atoms with E-state index in [1.54, 1.807) is 0 Å². The van der Waals surface area contributed by atoms with E-state index in [1.165, 1.54) is 13.0 Å². The number of hydrogen-bond acceptors (Lipinski definition) is 3. The van der Waals surface area contributed by atoms with Crippen molar-refractivity contribution in [2.75, 3.05) is 44.2 Å². The third kappa shape index (κ3) is 6.18. The van der Waals surface area contributed by atoms with Gasteiger partial charge in [0.2, 0.25) is 5.91 Å². The number of piperazine rings is 1. The molecule has 4 heteroatoms. The van der Waals surface area contributed by atoms with Crippen LogP contribution in [0.25, 0.3) is 0 Å². The highest BCUT2D eigenvalue weighted by molar-refractivity contribution is 5.94. The fraction of sp³-hybridized carbons (Fsp3) is 0.458. The predicted molar refractivity (Wildman–Crippen MR) is 116 cm³/mol. The molecule has 1 fully saturated rings. The smallest absolute Gasteiger partial charge is 0.241 e. The van der Waals surface area contributed by atoms with E-state index >= 15 is 0 Å². The Morgan fingerprint density at radius 2 is 1.46 bits per heavy atom. The van der Waals surface area contributed by atoms with Gasteiger partial charge in [-0.25, -0.2) is 0 Å². The number of carbonyl (C=O) groups is 1. The van der Waals surface area contributed by atoms with E-state index in [0.29, 0.717) is 13.1 Å². The molecule has 28 heavy (non-hydrogen) atoms. The first-order chi connectivity index (χ1) is 13.6. The lowest BCUT2D eigenvalue weighted by Gasteiger charge is -2.35. The number of hydrogen-bond donors (Lipinski definition) is 0. The second kappa shape index (κ2) is 10.4. The second-order valence-electron chi connectivity index (χ2n) is 8.10. The van der Waals surface area contributed by atoms with E-state index in [2.05, 4.69) is 35.8 Å². The highest BCUT2D eigenvalue weighted by Gasteiger charge is 2.22. The summed E-state index contributed by atoms with van der Waals surface area (Å²) in [6.45, 7) is 10.9. The SMILES string of the molecule is CC(C)CCN1CCN(CC(=O)N(Cc2ccccc2)c2ccccc2)CC1. The monoisotopic (exact) mass is 379 g/mol. The predicted octanol–water partition coefficient (Wildman–Crippen LogP) is 3.88. The lowest BCUT2D eigenvalue weighted by atomic mass is 10.1. The molecule has 150 valence electrons. The highest BCUT2D eigenvalue weighted by atomic mass is 16.2. The average Bonchev–Trinajstić information content (AvgIpc) is 2.73. The van der Waals surface area contributed by atoms with Gasteiger partial charge in [0.1, 0.15) is 0 Å². The van der Waals surface area contributed by atoms with E-state index < -0.39 is 0 Å². The van der Waals surface area contributed by atoms with Gasteiger partial charge in [0.25, 0.3) is 0 Å². The summed E-state index contributed by atoms with van der Waals surface area (Å²) in [4.78, 5) is 19.9. The normalized spacial score (nSPS) is 15.7. The van der Waals surface area contributed by atoms with Gasteiger partial charge in [-0.05, 0) is 36.6 Å². The van der Waals surface area contributed by atoms with Crippen molar-refractivity contribution in [3.8, 4) is 0 Å². The number of rotatable bonds is 8. The van der Waals surface area contributed by atoms with Crippen LogP contribution in [0.4, 0.5) is 5.69 Å². The summed E-state index contributed by atoms with van der Waals surface area (Å²) in [5.41, 5.74) is 2.12. The number of anilines is 1. The Balaban J connectivity index is 1.59. The lowest BCUT2D eigenvalue weighted by Crippen LogP contribution is -2.50. The Labute approximate surface area is 169 Å². The molecule has 0 aliphatic carbocycles. The molecule has 1 aliphatic heterocycles. The van der Waals surface area contributed by atoms with Crippen LogP contribution < -0.4 is 4.90 Å². The molecular weight excluding hydrogens is 346 g/mol. The summed E-state index contributed by atoms with van der Waals surface area (Å²) in [7, 11) is 0. The number of para-hydroxylation sites is 1. The minimum Gasteiger partial charge on any atom is -0.307 e. The summed E-state index contributed by atoms with van der Waals surface area (Å²) in [6.07, 6.45) is 1.25. The van der Waals surface area contributed by atoms with Crippen LogP contribution in [0.3, 0.4) is 0 Å². The molecule has 1 amide bonds. The number of amides is 1. The van der Waals surface area contributed by atoms with Crippen molar-refractivity contribution in [2.45, 2.75) is 26.8 Å². The first kappa shape index (κ1) is 20.6. The number of carbonyl (C=O) groups excluding carboxylic acids is 1. The van der Waals surface area contributed by atoms with Crippen LogP contribution in [0.1, 0.15) is 25.8 Å². The summed E-state index contributed by atoms with van der Waals surface area (Å²) < 4.78 is 0. The molecule has 3 rings (SSSR count). The largest absolute Gasteiger partial charge is 0.307 e. The van der Waals surface area contributed by atoms with Crippen LogP contribution in [0.2, 0.25) is 0 Å². The summed E-state index contributed by atoms with van der Waals surface area (Å²) in [5.74, 6) is 0.919. The standard InChI is InChI=1S/C24H33N3O/c1-21(2)13-14-25-15-17-26(18-16-25)20-24(28)27(23-11-7-4-8-12-23)19-22-9-5-3-6-10-22/h3-12,21H,13-20H2,1-2H3. The van der Waals surface area contributed by atoms with Crippen LogP contribution in [-0.2, 0) is 11.3 Å². The van der Waals surface area contributed by atoms with Gasteiger partial charge >= 0.3 is 0 Å². The van der Waals surface area contributed by atoms with Crippen molar-refractivity contribution in [3.63, 3.8) is 0 Å². The van der Waals surface area contributed by atoms with Gasteiger partial charge in [-0.15, -0.1) is 0 Å². The second-order valence-corrected chi connectivity index (χ2v) is 8.10. The Kier molecular flexibility index (Phi) is 7.63. The molecule has 0 aromatic heterocycles. The number of nitrogens with zero attached hydrogens (tertiary/aromatic N) is 3. The zero-order valence-corrected chi connectivity index (χ0v) is 17.3. The van der Waals surface area contributed by atoms with E-state index in [1.807, 2.05) is 53.4 Å². The first-order valence-electron chi connectivity index (χ1n) is 10.5. The van der Waals surface area contributed by atoms with Crippen molar-refractivity contribution in [2.24, 2.45) is 5.92 Å². The third-order valence-corrected chi connectivity index (χ3v) is 5.40. The van der Waals surface area contributed by atoms with E-state index in [-0.39, 0.29) is 5.91 Å². The molecule has 0 radical (unpaired) electrons. The minimum absolute atomic E-state index is 0.172. The molecule has 0 spiro atoms. The maximum atomic E-state index is 13.2. The molecule has 4 nitrogen and oxygen atoms in total. The van der Waals surface area contributed by atoms with Gasteiger partial charge in [-0.2, -0.15) is 0 Å². The summed E-state index contributed by atoms with van der Waals surface area (Å²) >= 11 is 0. The lowest BCUT2D eigenvalue weighted by molar-refractivity contribution is -0.120. The fourth-order valence-corrected chi connectivity index (χ4v) is 3.59. The van der Waals surface area contributed by atoms with Crippen LogP contribution in [-0.4, -0.2) is 55.0 Å². The zero-order chi connectivity index (χ0) is 19.8. The van der Waals surface area contributed by atoms with Gasteiger partial charge in [0.15, 0.2) is 0 Å². The van der Waals surface area contributed by atoms with Gasteiger partial charge < -0.3 is 9.80 Å². The van der Waals surface area contributed by atoms with Crippen molar-refractivity contribution < 1.29 is 4.79 Å². The van der Waals surface area contributed by atoms with Crippen LogP contribution in [0.15, 0.2) is 60.7 Å². The zero-order valence-electron chi connectivity index (χ0n) is 17.3. The van der Waals surface area contributed by atoms with Crippen molar-refractivity contribution in [3.05, 3.63) is 66.2 Å². The molecule has 0 unspecified atom stereocenters. The Morgan fingerprint density at radius 3 is 2.07 bits per heavy atom. The number of benzene rings is 2. The van der Waals surface area contributed by atoms with Gasteiger partial charge in [-0.3, -0.25) is 9.69 Å². The maximum absolute atomic E-state index is 13.2. The topological polar surface area (TPSA) is 26.8 Å². The molecule has 1 aliphatic rings. The maximum Gasteiger partial charge on any atom is 0.241 e.